The van der Waals surface area contributed by atoms with Gasteiger partial charge in [0.05, 0.1) is 6.54 Å². The normalized spacial score (nSPS) is 10.6. The molecule has 1 aromatic heterocycles. The van der Waals surface area contributed by atoms with E-state index in [4.69, 9.17) is 4.52 Å². The average Bonchev–Trinajstić information content (AvgIpc) is 2.71. The molecule has 0 saturated heterocycles. The Bertz CT molecular complexity index is 385. The van der Waals surface area contributed by atoms with Crippen LogP contribution in [-0.4, -0.2) is 60.6 Å². The van der Waals surface area contributed by atoms with Gasteiger partial charge in [0.15, 0.2) is 11.8 Å². The molecule has 0 N–H and O–H groups in total. The molecular weight excluding hydrogens is 230 g/mol. The Balaban J connectivity index is 2.56. The Morgan fingerprint density at radius 3 is 2.28 bits per heavy atom. The van der Waals surface area contributed by atoms with Gasteiger partial charge in [0.25, 0.3) is 0 Å². The largest absolute Gasteiger partial charge is 0.349 e. The van der Waals surface area contributed by atoms with Gasteiger partial charge in [-0.05, 0) is 0 Å². The van der Waals surface area contributed by atoms with Crippen LogP contribution in [-0.2, 0) is 6.42 Å². The molecule has 0 amide bonds. The molecule has 1 heterocycles. The quantitative estimate of drug-likeness (QED) is 0.596. The SMILES string of the molecule is CC(C)c1noc(CCN=C(N(C)C)N(C)C)n1. The van der Waals surface area contributed by atoms with Crippen molar-refractivity contribution in [3.63, 3.8) is 0 Å². The van der Waals surface area contributed by atoms with Gasteiger partial charge in [-0.2, -0.15) is 4.98 Å². The van der Waals surface area contributed by atoms with Crippen molar-refractivity contribution in [1.82, 2.24) is 19.9 Å². The van der Waals surface area contributed by atoms with Gasteiger partial charge in [-0.1, -0.05) is 19.0 Å². The summed E-state index contributed by atoms with van der Waals surface area (Å²) in [5, 5.41) is 3.93. The maximum absolute atomic E-state index is 5.17. The summed E-state index contributed by atoms with van der Waals surface area (Å²) in [6.07, 6.45) is 0.672. The molecule has 0 saturated carbocycles. The van der Waals surface area contributed by atoms with Crippen molar-refractivity contribution >= 4 is 5.96 Å². The number of guanidine groups is 1. The highest BCUT2D eigenvalue weighted by Gasteiger charge is 2.09. The lowest BCUT2D eigenvalue weighted by Gasteiger charge is -2.22. The number of rotatable bonds is 4. The Hall–Kier alpha value is -1.59. The lowest BCUT2D eigenvalue weighted by molar-refractivity contribution is 0.372. The van der Waals surface area contributed by atoms with E-state index in [0.29, 0.717) is 24.8 Å². The van der Waals surface area contributed by atoms with Crippen LogP contribution in [0.5, 0.6) is 0 Å². The van der Waals surface area contributed by atoms with Crippen molar-refractivity contribution in [3.8, 4) is 0 Å². The molecule has 0 spiro atoms. The summed E-state index contributed by atoms with van der Waals surface area (Å²) in [6, 6.07) is 0. The maximum Gasteiger partial charge on any atom is 0.228 e. The van der Waals surface area contributed by atoms with Crippen molar-refractivity contribution in [2.75, 3.05) is 34.7 Å². The maximum atomic E-state index is 5.17. The molecule has 1 rings (SSSR count). The van der Waals surface area contributed by atoms with Crippen LogP contribution in [0.4, 0.5) is 0 Å². The molecule has 6 nitrogen and oxygen atoms in total. The highest BCUT2D eigenvalue weighted by molar-refractivity contribution is 5.79. The van der Waals surface area contributed by atoms with E-state index in [1.54, 1.807) is 0 Å². The smallest absolute Gasteiger partial charge is 0.228 e. The fourth-order valence-corrected chi connectivity index (χ4v) is 1.54. The summed E-state index contributed by atoms with van der Waals surface area (Å²) in [6.45, 7) is 4.73. The molecule has 0 aliphatic rings. The van der Waals surface area contributed by atoms with Crippen molar-refractivity contribution in [1.29, 1.82) is 0 Å². The van der Waals surface area contributed by atoms with Crippen LogP contribution in [0.2, 0.25) is 0 Å². The lowest BCUT2D eigenvalue weighted by atomic mass is 10.2. The molecule has 102 valence electrons. The van der Waals surface area contributed by atoms with E-state index in [1.165, 1.54) is 0 Å². The van der Waals surface area contributed by atoms with Crippen LogP contribution in [0.15, 0.2) is 9.52 Å². The molecule has 18 heavy (non-hydrogen) atoms. The topological polar surface area (TPSA) is 57.8 Å². The van der Waals surface area contributed by atoms with Crippen LogP contribution in [0.25, 0.3) is 0 Å². The summed E-state index contributed by atoms with van der Waals surface area (Å²) in [7, 11) is 7.90. The van der Waals surface area contributed by atoms with Gasteiger partial charge in [-0.25, -0.2) is 0 Å². The molecule has 0 atom stereocenters. The summed E-state index contributed by atoms with van der Waals surface area (Å²) in [4.78, 5) is 12.8. The van der Waals surface area contributed by atoms with Gasteiger partial charge >= 0.3 is 0 Å². The number of aliphatic imine (C=N–C) groups is 1. The third-order valence-corrected chi connectivity index (χ3v) is 2.38. The Morgan fingerprint density at radius 2 is 1.83 bits per heavy atom. The van der Waals surface area contributed by atoms with E-state index >= 15 is 0 Å². The Kier molecular flexibility index (Phi) is 5.12. The van der Waals surface area contributed by atoms with Crippen LogP contribution in [0.1, 0.15) is 31.5 Å². The van der Waals surface area contributed by atoms with Crippen LogP contribution >= 0.6 is 0 Å². The Labute approximate surface area is 109 Å². The van der Waals surface area contributed by atoms with Crippen molar-refractivity contribution in [2.45, 2.75) is 26.2 Å². The molecule has 0 aromatic carbocycles. The van der Waals surface area contributed by atoms with E-state index < -0.39 is 0 Å². The first-order valence-corrected chi connectivity index (χ1v) is 6.13. The molecule has 0 aliphatic heterocycles. The fourth-order valence-electron chi connectivity index (χ4n) is 1.54. The zero-order valence-corrected chi connectivity index (χ0v) is 12.1. The number of nitrogens with zero attached hydrogens (tertiary/aromatic N) is 5. The van der Waals surface area contributed by atoms with Crippen LogP contribution < -0.4 is 0 Å². The second-order valence-corrected chi connectivity index (χ2v) is 4.92. The predicted molar refractivity (Wildman–Crippen MR) is 71.8 cm³/mol. The fraction of sp³-hybridized carbons (Fsp3) is 0.750. The van der Waals surface area contributed by atoms with Crippen molar-refractivity contribution in [3.05, 3.63) is 11.7 Å². The molecular formula is C12H23N5O. The summed E-state index contributed by atoms with van der Waals surface area (Å²) in [5.41, 5.74) is 0. The first-order valence-electron chi connectivity index (χ1n) is 6.13. The Morgan fingerprint density at radius 1 is 1.22 bits per heavy atom. The number of hydrogen-bond acceptors (Lipinski definition) is 4. The zero-order valence-electron chi connectivity index (χ0n) is 12.1. The first kappa shape index (κ1) is 14.5. The molecule has 0 radical (unpaired) electrons. The van der Waals surface area contributed by atoms with Crippen LogP contribution in [0.3, 0.4) is 0 Å². The second kappa shape index (κ2) is 6.37. The van der Waals surface area contributed by atoms with Gasteiger partial charge in [0, 0.05) is 40.5 Å². The number of aromatic nitrogens is 2. The molecule has 0 aliphatic carbocycles. The predicted octanol–water partition coefficient (Wildman–Crippen LogP) is 1.21. The highest BCUT2D eigenvalue weighted by atomic mass is 16.5. The molecule has 0 fully saturated rings. The third-order valence-electron chi connectivity index (χ3n) is 2.38. The van der Waals surface area contributed by atoms with Gasteiger partial charge in [0.1, 0.15) is 0 Å². The third kappa shape index (κ3) is 4.01. The highest BCUT2D eigenvalue weighted by Crippen LogP contribution is 2.09. The average molecular weight is 253 g/mol. The molecule has 1 aromatic rings. The van der Waals surface area contributed by atoms with Gasteiger partial charge in [-0.15, -0.1) is 0 Å². The summed E-state index contributed by atoms with van der Waals surface area (Å²) >= 11 is 0. The minimum absolute atomic E-state index is 0.296. The number of hydrogen-bond donors (Lipinski definition) is 0. The minimum Gasteiger partial charge on any atom is -0.349 e. The monoisotopic (exact) mass is 253 g/mol. The summed E-state index contributed by atoms with van der Waals surface area (Å²) < 4.78 is 5.17. The van der Waals surface area contributed by atoms with Crippen molar-refractivity contribution in [2.24, 2.45) is 4.99 Å². The molecule has 0 bridgehead atoms. The van der Waals surface area contributed by atoms with E-state index in [1.807, 2.05) is 51.8 Å². The molecule has 6 heteroatoms. The van der Waals surface area contributed by atoms with E-state index in [0.717, 1.165) is 11.8 Å². The zero-order chi connectivity index (χ0) is 13.7. The first-order chi connectivity index (χ1) is 8.41. The lowest BCUT2D eigenvalue weighted by Crippen LogP contribution is -2.35. The van der Waals surface area contributed by atoms with Gasteiger partial charge in [-0.3, -0.25) is 4.99 Å². The molecule has 0 unspecified atom stereocenters. The van der Waals surface area contributed by atoms with Crippen molar-refractivity contribution < 1.29 is 4.52 Å². The second-order valence-electron chi connectivity index (χ2n) is 4.92. The van der Waals surface area contributed by atoms with Gasteiger partial charge in [0.2, 0.25) is 5.89 Å². The van der Waals surface area contributed by atoms with Crippen LogP contribution in [0, 0.1) is 0 Å². The summed E-state index contributed by atoms with van der Waals surface area (Å²) in [5.74, 6) is 2.64. The van der Waals surface area contributed by atoms with E-state index in [2.05, 4.69) is 15.1 Å². The minimum atomic E-state index is 0.296. The van der Waals surface area contributed by atoms with E-state index in [9.17, 15) is 0 Å². The van der Waals surface area contributed by atoms with E-state index in [-0.39, 0.29) is 0 Å². The van der Waals surface area contributed by atoms with Gasteiger partial charge < -0.3 is 14.3 Å². The standard InChI is InChI=1S/C12H23N5O/c1-9(2)11-14-10(18-15-11)7-8-13-12(16(3)4)17(5)6/h9H,7-8H2,1-6H3.